The van der Waals surface area contributed by atoms with Crippen LogP contribution < -0.4 is 5.32 Å². The monoisotopic (exact) mass is 232 g/mol. The minimum absolute atomic E-state index is 0. The zero-order valence-electron chi connectivity index (χ0n) is 9.21. The van der Waals surface area contributed by atoms with Crippen molar-refractivity contribution in [2.45, 2.75) is 32.1 Å². The van der Waals surface area contributed by atoms with Crippen molar-refractivity contribution in [3.8, 4) is 0 Å². The van der Waals surface area contributed by atoms with Gasteiger partial charge in [-0.05, 0) is 25.8 Å². The van der Waals surface area contributed by atoms with E-state index in [0.29, 0.717) is 11.8 Å². The molecule has 15 heavy (non-hydrogen) atoms. The van der Waals surface area contributed by atoms with Gasteiger partial charge in [0.25, 0.3) is 0 Å². The highest BCUT2D eigenvalue weighted by molar-refractivity contribution is 5.85. The second kappa shape index (κ2) is 6.33. The third-order valence-corrected chi connectivity index (χ3v) is 3.36. The van der Waals surface area contributed by atoms with E-state index in [1.54, 1.807) is 0 Å². The molecular formula is C11H21ClN2O. The van der Waals surface area contributed by atoms with Crippen LogP contribution in [0.4, 0.5) is 0 Å². The molecule has 1 aliphatic carbocycles. The summed E-state index contributed by atoms with van der Waals surface area (Å²) in [5, 5.41) is 3.33. The highest BCUT2D eigenvalue weighted by atomic mass is 35.5. The van der Waals surface area contributed by atoms with Crippen molar-refractivity contribution in [2.24, 2.45) is 5.92 Å². The number of nitrogens with zero attached hydrogens (tertiary/aromatic N) is 1. The fourth-order valence-corrected chi connectivity index (χ4v) is 2.50. The summed E-state index contributed by atoms with van der Waals surface area (Å²) in [6.45, 7) is 3.91. The van der Waals surface area contributed by atoms with E-state index in [-0.39, 0.29) is 12.4 Å². The molecule has 0 atom stereocenters. The van der Waals surface area contributed by atoms with Gasteiger partial charge in [0.1, 0.15) is 0 Å². The first kappa shape index (κ1) is 12.8. The number of carbonyl (C=O) groups is 1. The predicted octanol–water partition coefficient (Wildman–Crippen LogP) is 1.42. The molecule has 1 heterocycles. The topological polar surface area (TPSA) is 32.3 Å². The lowest BCUT2D eigenvalue weighted by Gasteiger charge is -2.23. The molecule has 2 aliphatic rings. The first-order valence-corrected chi connectivity index (χ1v) is 5.87. The molecule has 1 saturated carbocycles. The maximum atomic E-state index is 12.1. The van der Waals surface area contributed by atoms with Crippen LogP contribution >= 0.6 is 12.4 Å². The Hall–Kier alpha value is -0.280. The van der Waals surface area contributed by atoms with E-state index in [4.69, 9.17) is 0 Å². The first-order valence-electron chi connectivity index (χ1n) is 5.87. The van der Waals surface area contributed by atoms with Crippen LogP contribution in [0.25, 0.3) is 0 Å². The molecule has 1 aliphatic heterocycles. The van der Waals surface area contributed by atoms with Gasteiger partial charge in [-0.25, -0.2) is 0 Å². The molecule has 3 nitrogen and oxygen atoms in total. The molecule has 2 fully saturated rings. The minimum Gasteiger partial charge on any atom is -0.341 e. The van der Waals surface area contributed by atoms with E-state index >= 15 is 0 Å². The number of carbonyl (C=O) groups excluding carboxylic acids is 1. The summed E-state index contributed by atoms with van der Waals surface area (Å²) in [7, 11) is 0. The lowest BCUT2D eigenvalue weighted by atomic mass is 10.1. The number of amides is 1. The molecule has 1 N–H and O–H groups in total. The van der Waals surface area contributed by atoms with Crippen molar-refractivity contribution in [1.82, 2.24) is 10.2 Å². The van der Waals surface area contributed by atoms with Gasteiger partial charge in [0.05, 0.1) is 0 Å². The summed E-state index contributed by atoms with van der Waals surface area (Å²) in [6.07, 6.45) is 5.87. The second-order valence-corrected chi connectivity index (χ2v) is 4.41. The van der Waals surface area contributed by atoms with Gasteiger partial charge in [0.15, 0.2) is 0 Å². The van der Waals surface area contributed by atoms with E-state index in [9.17, 15) is 4.79 Å². The maximum absolute atomic E-state index is 12.1. The van der Waals surface area contributed by atoms with Crippen LogP contribution in [0, 0.1) is 5.92 Å². The van der Waals surface area contributed by atoms with Crippen LogP contribution in [0.15, 0.2) is 0 Å². The fraction of sp³-hybridized carbons (Fsp3) is 0.909. The van der Waals surface area contributed by atoms with Gasteiger partial charge in [-0.15, -0.1) is 12.4 Å². The van der Waals surface area contributed by atoms with E-state index in [0.717, 1.165) is 45.4 Å². The number of halogens is 1. The summed E-state index contributed by atoms with van der Waals surface area (Å²) in [6, 6.07) is 0. The van der Waals surface area contributed by atoms with Gasteiger partial charge in [0, 0.05) is 25.6 Å². The standard InChI is InChI=1S/C11H20N2O.ClH/c14-11(10-4-1-2-5-10)13-8-3-6-12-7-9-13;/h10,12H,1-9H2;1H. The van der Waals surface area contributed by atoms with Crippen LogP contribution in [-0.2, 0) is 4.79 Å². The molecule has 0 aromatic rings. The Balaban J connectivity index is 0.00000112. The number of hydrogen-bond donors (Lipinski definition) is 1. The number of nitrogens with one attached hydrogen (secondary N) is 1. The van der Waals surface area contributed by atoms with Gasteiger partial charge >= 0.3 is 0 Å². The Morgan fingerprint density at radius 3 is 2.53 bits per heavy atom. The molecule has 0 spiro atoms. The zero-order valence-corrected chi connectivity index (χ0v) is 10.0. The third-order valence-electron chi connectivity index (χ3n) is 3.36. The number of rotatable bonds is 1. The van der Waals surface area contributed by atoms with Crippen LogP contribution in [0.5, 0.6) is 0 Å². The Kier molecular flexibility index (Phi) is 5.40. The number of hydrogen-bond acceptors (Lipinski definition) is 2. The zero-order chi connectivity index (χ0) is 9.80. The summed E-state index contributed by atoms with van der Waals surface area (Å²) in [4.78, 5) is 14.1. The predicted molar refractivity (Wildman–Crippen MR) is 63.3 cm³/mol. The lowest BCUT2D eigenvalue weighted by molar-refractivity contribution is -0.135. The third kappa shape index (κ3) is 3.35. The van der Waals surface area contributed by atoms with Crippen molar-refractivity contribution >= 4 is 18.3 Å². The smallest absolute Gasteiger partial charge is 0.225 e. The highest BCUT2D eigenvalue weighted by Crippen LogP contribution is 2.26. The van der Waals surface area contributed by atoms with Crippen LogP contribution in [0.1, 0.15) is 32.1 Å². The summed E-state index contributed by atoms with van der Waals surface area (Å²) in [5.41, 5.74) is 0. The van der Waals surface area contributed by atoms with Crippen LogP contribution in [0.3, 0.4) is 0 Å². The van der Waals surface area contributed by atoms with Gasteiger partial charge in [-0.2, -0.15) is 0 Å². The molecule has 2 rings (SSSR count). The SMILES string of the molecule is Cl.O=C(C1CCCC1)N1CCCNCC1. The van der Waals surface area contributed by atoms with Crippen molar-refractivity contribution in [3.05, 3.63) is 0 Å². The van der Waals surface area contributed by atoms with E-state index in [1.165, 1.54) is 12.8 Å². The van der Waals surface area contributed by atoms with Crippen molar-refractivity contribution in [1.29, 1.82) is 0 Å². The van der Waals surface area contributed by atoms with Gasteiger partial charge in [0.2, 0.25) is 5.91 Å². The molecule has 4 heteroatoms. The summed E-state index contributed by atoms with van der Waals surface area (Å²) < 4.78 is 0. The molecule has 0 bridgehead atoms. The van der Waals surface area contributed by atoms with Crippen LogP contribution in [0.2, 0.25) is 0 Å². The van der Waals surface area contributed by atoms with Gasteiger partial charge < -0.3 is 10.2 Å². The van der Waals surface area contributed by atoms with Crippen molar-refractivity contribution < 1.29 is 4.79 Å². The van der Waals surface area contributed by atoms with Crippen LogP contribution in [-0.4, -0.2) is 37.0 Å². The summed E-state index contributed by atoms with van der Waals surface area (Å²) in [5.74, 6) is 0.777. The average molecular weight is 233 g/mol. The molecular weight excluding hydrogens is 212 g/mol. The molecule has 1 amide bonds. The molecule has 88 valence electrons. The van der Waals surface area contributed by atoms with Gasteiger partial charge in [-0.3, -0.25) is 4.79 Å². The Bertz CT molecular complexity index is 197. The molecule has 0 aromatic carbocycles. The summed E-state index contributed by atoms with van der Waals surface area (Å²) >= 11 is 0. The van der Waals surface area contributed by atoms with E-state index in [1.807, 2.05) is 0 Å². The average Bonchev–Trinajstić information content (AvgIpc) is 2.59. The quantitative estimate of drug-likeness (QED) is 0.742. The normalized spacial score (nSPS) is 23.3. The Morgan fingerprint density at radius 2 is 1.80 bits per heavy atom. The van der Waals surface area contributed by atoms with Gasteiger partial charge in [-0.1, -0.05) is 12.8 Å². The molecule has 1 saturated heterocycles. The fourth-order valence-electron chi connectivity index (χ4n) is 2.50. The molecule has 0 aromatic heterocycles. The second-order valence-electron chi connectivity index (χ2n) is 4.41. The Labute approximate surface area is 98.0 Å². The van der Waals surface area contributed by atoms with E-state index < -0.39 is 0 Å². The minimum atomic E-state index is 0. The Morgan fingerprint density at radius 1 is 1.07 bits per heavy atom. The molecule has 0 unspecified atom stereocenters. The lowest BCUT2D eigenvalue weighted by Crippen LogP contribution is -2.37. The maximum Gasteiger partial charge on any atom is 0.225 e. The highest BCUT2D eigenvalue weighted by Gasteiger charge is 2.27. The van der Waals surface area contributed by atoms with E-state index in [2.05, 4.69) is 10.2 Å². The first-order chi connectivity index (χ1) is 6.88. The van der Waals surface area contributed by atoms with Crippen molar-refractivity contribution in [3.63, 3.8) is 0 Å². The largest absolute Gasteiger partial charge is 0.341 e. The molecule has 0 radical (unpaired) electrons. The van der Waals surface area contributed by atoms with Crippen molar-refractivity contribution in [2.75, 3.05) is 26.2 Å².